The third-order valence-corrected chi connectivity index (χ3v) is 6.39. The fraction of sp³-hybridized carbons (Fsp3) is 0.474. The molecule has 0 atom stereocenters. The molecular formula is C19H21N3O3S. The van der Waals surface area contributed by atoms with Crippen molar-refractivity contribution in [2.24, 2.45) is 0 Å². The molecule has 7 heteroatoms. The number of nitrogens with one attached hydrogen (secondary N) is 1. The number of carbonyl (C=O) groups excluding carboxylic acids is 1. The van der Waals surface area contributed by atoms with Crippen LogP contribution in [0.4, 0.5) is 5.13 Å². The van der Waals surface area contributed by atoms with Crippen molar-refractivity contribution in [1.82, 2.24) is 9.88 Å². The molecule has 26 heavy (non-hydrogen) atoms. The average molecular weight is 371 g/mol. The van der Waals surface area contributed by atoms with Crippen molar-refractivity contribution in [3.05, 3.63) is 23.6 Å². The van der Waals surface area contributed by atoms with Gasteiger partial charge < -0.3 is 14.8 Å². The van der Waals surface area contributed by atoms with E-state index in [1.165, 1.54) is 11.3 Å². The van der Waals surface area contributed by atoms with E-state index in [1.807, 2.05) is 23.6 Å². The van der Waals surface area contributed by atoms with E-state index in [2.05, 4.69) is 15.2 Å². The van der Waals surface area contributed by atoms with E-state index >= 15 is 0 Å². The minimum Gasteiger partial charge on any atom is -0.486 e. The van der Waals surface area contributed by atoms with Gasteiger partial charge in [0.05, 0.1) is 5.69 Å². The van der Waals surface area contributed by atoms with Gasteiger partial charge in [-0.15, -0.1) is 11.3 Å². The molecule has 2 fully saturated rings. The summed E-state index contributed by atoms with van der Waals surface area (Å²) in [5.74, 6) is 1.62. The summed E-state index contributed by atoms with van der Waals surface area (Å²) in [5, 5.41) is 5.70. The SMILES string of the molecule is O=C(Nc1nc(-c2ccc3c(c2)OCCO3)cs1)C12CCCN1CCC2. The number of fused-ring (bicyclic) bond motifs is 2. The summed E-state index contributed by atoms with van der Waals surface area (Å²) in [6.07, 6.45) is 4.12. The van der Waals surface area contributed by atoms with Gasteiger partial charge in [-0.3, -0.25) is 9.69 Å². The second-order valence-electron chi connectivity index (χ2n) is 7.08. The first kappa shape index (κ1) is 16.1. The van der Waals surface area contributed by atoms with Crippen LogP contribution >= 0.6 is 11.3 Å². The lowest BCUT2D eigenvalue weighted by atomic mass is 9.93. The molecule has 1 aromatic carbocycles. The summed E-state index contributed by atoms with van der Waals surface area (Å²) in [5.41, 5.74) is 1.50. The first-order valence-corrected chi connectivity index (χ1v) is 10.0. The largest absolute Gasteiger partial charge is 0.486 e. The van der Waals surface area contributed by atoms with Gasteiger partial charge in [-0.2, -0.15) is 0 Å². The first-order chi connectivity index (χ1) is 12.7. The summed E-state index contributed by atoms with van der Waals surface area (Å²) < 4.78 is 11.2. The highest BCUT2D eigenvalue weighted by atomic mass is 32.1. The third kappa shape index (κ3) is 2.57. The lowest BCUT2D eigenvalue weighted by Crippen LogP contribution is -2.48. The molecule has 1 aromatic heterocycles. The fourth-order valence-electron chi connectivity index (χ4n) is 4.36. The third-order valence-electron chi connectivity index (χ3n) is 5.63. The van der Waals surface area contributed by atoms with Gasteiger partial charge in [-0.05, 0) is 57.0 Å². The van der Waals surface area contributed by atoms with Gasteiger partial charge in [0.2, 0.25) is 5.91 Å². The Kier molecular flexibility index (Phi) is 3.86. The molecule has 4 heterocycles. The van der Waals surface area contributed by atoms with Crippen molar-refractivity contribution in [2.45, 2.75) is 31.2 Å². The Morgan fingerprint density at radius 1 is 1.15 bits per heavy atom. The molecular weight excluding hydrogens is 350 g/mol. The van der Waals surface area contributed by atoms with Gasteiger partial charge in [0.1, 0.15) is 18.8 Å². The Balaban J connectivity index is 1.35. The molecule has 0 saturated carbocycles. The van der Waals surface area contributed by atoms with Crippen molar-refractivity contribution in [1.29, 1.82) is 0 Å². The molecule has 0 radical (unpaired) electrons. The number of hydrogen-bond donors (Lipinski definition) is 1. The van der Waals surface area contributed by atoms with Crippen LogP contribution in [-0.2, 0) is 4.79 Å². The maximum absolute atomic E-state index is 12.9. The summed E-state index contributed by atoms with van der Waals surface area (Å²) in [6, 6.07) is 5.83. The number of aromatic nitrogens is 1. The summed E-state index contributed by atoms with van der Waals surface area (Å²) in [7, 11) is 0. The lowest BCUT2D eigenvalue weighted by Gasteiger charge is -2.29. The van der Waals surface area contributed by atoms with Crippen LogP contribution in [0.2, 0.25) is 0 Å². The van der Waals surface area contributed by atoms with Crippen LogP contribution in [0.5, 0.6) is 11.5 Å². The molecule has 0 aliphatic carbocycles. The van der Waals surface area contributed by atoms with Crippen LogP contribution in [0.1, 0.15) is 25.7 Å². The zero-order valence-corrected chi connectivity index (χ0v) is 15.3. The molecule has 0 unspecified atom stereocenters. The van der Waals surface area contributed by atoms with Crippen molar-refractivity contribution >= 4 is 22.4 Å². The number of rotatable bonds is 3. The van der Waals surface area contributed by atoms with Crippen LogP contribution in [0.25, 0.3) is 11.3 Å². The smallest absolute Gasteiger partial charge is 0.246 e. The van der Waals surface area contributed by atoms with Gasteiger partial charge >= 0.3 is 0 Å². The number of thiazole rings is 1. The second-order valence-corrected chi connectivity index (χ2v) is 7.93. The quantitative estimate of drug-likeness (QED) is 0.898. The van der Waals surface area contributed by atoms with Crippen LogP contribution in [-0.4, -0.2) is 47.6 Å². The molecule has 0 bridgehead atoms. The van der Waals surface area contributed by atoms with Gasteiger partial charge in [-0.1, -0.05) is 0 Å². The number of benzene rings is 1. The van der Waals surface area contributed by atoms with E-state index in [-0.39, 0.29) is 11.4 Å². The Morgan fingerprint density at radius 3 is 2.73 bits per heavy atom. The molecule has 6 nitrogen and oxygen atoms in total. The van der Waals surface area contributed by atoms with Gasteiger partial charge in [0.25, 0.3) is 0 Å². The zero-order valence-electron chi connectivity index (χ0n) is 14.5. The Labute approximate surface area is 156 Å². The monoisotopic (exact) mass is 371 g/mol. The van der Waals surface area contributed by atoms with E-state index in [0.29, 0.717) is 18.3 Å². The van der Waals surface area contributed by atoms with Crippen molar-refractivity contribution in [3.63, 3.8) is 0 Å². The lowest BCUT2D eigenvalue weighted by molar-refractivity contribution is -0.125. The molecule has 2 aromatic rings. The second kappa shape index (κ2) is 6.25. The first-order valence-electron chi connectivity index (χ1n) is 9.17. The zero-order chi connectivity index (χ0) is 17.6. The highest BCUT2D eigenvalue weighted by molar-refractivity contribution is 7.14. The molecule has 2 saturated heterocycles. The molecule has 3 aliphatic heterocycles. The maximum atomic E-state index is 12.9. The summed E-state index contributed by atoms with van der Waals surface area (Å²) in [6.45, 7) is 3.22. The normalized spacial score (nSPS) is 20.8. The number of carbonyl (C=O) groups is 1. The van der Waals surface area contributed by atoms with Crippen molar-refractivity contribution in [2.75, 3.05) is 31.6 Å². The molecule has 0 spiro atoms. The minimum absolute atomic E-state index is 0.107. The van der Waals surface area contributed by atoms with E-state index in [0.717, 1.165) is 61.5 Å². The summed E-state index contributed by atoms with van der Waals surface area (Å²) >= 11 is 1.47. The van der Waals surface area contributed by atoms with Crippen LogP contribution in [0, 0.1) is 0 Å². The van der Waals surface area contributed by atoms with Crippen LogP contribution in [0.3, 0.4) is 0 Å². The molecule has 5 rings (SSSR count). The van der Waals surface area contributed by atoms with E-state index < -0.39 is 0 Å². The van der Waals surface area contributed by atoms with Crippen molar-refractivity contribution in [3.8, 4) is 22.8 Å². The highest BCUT2D eigenvalue weighted by Gasteiger charge is 2.50. The van der Waals surface area contributed by atoms with Crippen LogP contribution < -0.4 is 14.8 Å². The number of nitrogens with zero attached hydrogens (tertiary/aromatic N) is 2. The Morgan fingerprint density at radius 2 is 1.92 bits per heavy atom. The average Bonchev–Trinajstić information content (AvgIpc) is 3.37. The fourth-order valence-corrected chi connectivity index (χ4v) is 5.07. The predicted octanol–water partition coefficient (Wildman–Crippen LogP) is 3.15. The number of ether oxygens (including phenoxy) is 2. The number of hydrogen-bond acceptors (Lipinski definition) is 6. The molecule has 136 valence electrons. The molecule has 1 N–H and O–H groups in total. The van der Waals surface area contributed by atoms with Gasteiger partial charge in [0, 0.05) is 10.9 Å². The Bertz CT molecular complexity index is 840. The van der Waals surface area contributed by atoms with Crippen LogP contribution in [0.15, 0.2) is 23.6 Å². The van der Waals surface area contributed by atoms with E-state index in [4.69, 9.17) is 9.47 Å². The molecule has 3 aliphatic rings. The van der Waals surface area contributed by atoms with Crippen molar-refractivity contribution < 1.29 is 14.3 Å². The van der Waals surface area contributed by atoms with E-state index in [1.54, 1.807) is 0 Å². The number of amides is 1. The molecule has 1 amide bonds. The summed E-state index contributed by atoms with van der Waals surface area (Å²) in [4.78, 5) is 19.9. The Hall–Kier alpha value is -2.12. The van der Waals surface area contributed by atoms with E-state index in [9.17, 15) is 4.79 Å². The maximum Gasteiger partial charge on any atom is 0.246 e. The standard InChI is InChI=1S/C19H21N3O3S/c23-17(19-5-1-7-22(19)8-2-6-19)21-18-20-14(12-26-18)13-3-4-15-16(11-13)25-10-9-24-15/h3-4,11-12H,1-2,5-10H2,(H,20,21,23). The highest BCUT2D eigenvalue weighted by Crippen LogP contribution is 2.40. The predicted molar refractivity (Wildman–Crippen MR) is 99.9 cm³/mol. The van der Waals surface area contributed by atoms with Gasteiger partial charge in [-0.25, -0.2) is 4.98 Å². The van der Waals surface area contributed by atoms with Gasteiger partial charge in [0.15, 0.2) is 16.6 Å². The topological polar surface area (TPSA) is 63.7 Å². The minimum atomic E-state index is -0.303. The number of anilines is 1.